The highest BCUT2D eigenvalue weighted by molar-refractivity contribution is 5.19. The molecule has 0 amide bonds. The topological polar surface area (TPSA) is 12.0 Å². The molecule has 1 aliphatic heterocycles. The third-order valence-electron chi connectivity index (χ3n) is 3.21. The van der Waals surface area contributed by atoms with Gasteiger partial charge in [-0.15, -0.1) is 0 Å². The van der Waals surface area contributed by atoms with Gasteiger partial charge in [-0.1, -0.05) is 6.42 Å². The van der Waals surface area contributed by atoms with Crippen molar-refractivity contribution in [3.63, 3.8) is 0 Å². The maximum absolute atomic E-state index is 13.9. The molecule has 0 saturated carbocycles. The summed E-state index contributed by atoms with van der Waals surface area (Å²) in [5.74, 6) is -1.06. The van der Waals surface area contributed by atoms with Crippen molar-refractivity contribution in [2.24, 2.45) is 0 Å². The van der Waals surface area contributed by atoms with Gasteiger partial charge in [0.1, 0.15) is 17.8 Å². The van der Waals surface area contributed by atoms with Crippen LogP contribution in [0.2, 0.25) is 0 Å². The third-order valence-corrected chi connectivity index (χ3v) is 3.21. The highest BCUT2D eigenvalue weighted by Crippen LogP contribution is 2.19. The van der Waals surface area contributed by atoms with Gasteiger partial charge in [0.2, 0.25) is 0 Å². The van der Waals surface area contributed by atoms with E-state index in [4.69, 9.17) is 0 Å². The molecule has 1 N–H and O–H groups in total. The molecule has 0 aliphatic carbocycles. The average molecular weight is 243 g/mol. The van der Waals surface area contributed by atoms with Crippen molar-refractivity contribution in [2.75, 3.05) is 6.54 Å². The lowest BCUT2D eigenvalue weighted by molar-refractivity contribution is 0.215. The Morgan fingerprint density at radius 2 is 2.12 bits per heavy atom. The number of hydrogen-bond donors (Lipinski definition) is 1. The van der Waals surface area contributed by atoms with Crippen molar-refractivity contribution < 1.29 is 13.2 Å². The second-order valence-electron chi connectivity index (χ2n) is 4.51. The zero-order valence-corrected chi connectivity index (χ0v) is 9.56. The number of halogens is 3. The summed E-state index contributed by atoms with van der Waals surface area (Å²) < 4.78 is 40.2. The van der Waals surface area contributed by atoms with Crippen LogP contribution in [0, 0.1) is 11.6 Å². The molecule has 94 valence electrons. The van der Waals surface area contributed by atoms with Gasteiger partial charge < -0.3 is 5.32 Å². The maximum atomic E-state index is 13.9. The molecule has 0 aromatic heterocycles. The molecule has 1 aliphatic rings. The molecule has 1 nitrogen and oxygen atoms in total. The molecule has 1 saturated heterocycles. The van der Waals surface area contributed by atoms with Crippen LogP contribution in [0.5, 0.6) is 0 Å². The van der Waals surface area contributed by atoms with E-state index in [-0.39, 0.29) is 18.0 Å². The van der Waals surface area contributed by atoms with Crippen LogP contribution < -0.4 is 5.32 Å². The number of benzene rings is 1. The van der Waals surface area contributed by atoms with Crippen molar-refractivity contribution in [3.8, 4) is 0 Å². The SMILES string of the molecule is Fc1ccc(F)c(CC(F)C2CCCCN2)c1. The fourth-order valence-corrected chi connectivity index (χ4v) is 2.24. The molecule has 2 rings (SSSR count). The number of rotatable bonds is 3. The number of piperidine rings is 1. The molecular formula is C13H16F3N. The van der Waals surface area contributed by atoms with E-state index in [1.807, 2.05) is 0 Å². The van der Waals surface area contributed by atoms with Crippen LogP contribution in [-0.2, 0) is 6.42 Å². The van der Waals surface area contributed by atoms with E-state index in [1.165, 1.54) is 0 Å². The Morgan fingerprint density at radius 3 is 2.82 bits per heavy atom. The highest BCUT2D eigenvalue weighted by atomic mass is 19.1. The number of nitrogens with one attached hydrogen (secondary N) is 1. The van der Waals surface area contributed by atoms with Crippen LogP contribution in [0.25, 0.3) is 0 Å². The predicted octanol–water partition coefficient (Wildman–Crippen LogP) is 2.99. The lowest BCUT2D eigenvalue weighted by Gasteiger charge is -2.26. The van der Waals surface area contributed by atoms with Gasteiger partial charge in [-0.3, -0.25) is 0 Å². The Morgan fingerprint density at radius 1 is 1.29 bits per heavy atom. The van der Waals surface area contributed by atoms with Gasteiger partial charge in [0.15, 0.2) is 0 Å². The van der Waals surface area contributed by atoms with Crippen molar-refractivity contribution in [1.82, 2.24) is 5.32 Å². The summed E-state index contributed by atoms with van der Waals surface area (Å²) in [6, 6.07) is 2.94. The van der Waals surface area contributed by atoms with E-state index in [1.54, 1.807) is 0 Å². The molecule has 2 atom stereocenters. The third kappa shape index (κ3) is 3.22. The zero-order chi connectivity index (χ0) is 12.3. The molecule has 2 unspecified atom stereocenters. The van der Waals surface area contributed by atoms with Crippen molar-refractivity contribution >= 4 is 0 Å². The smallest absolute Gasteiger partial charge is 0.126 e. The molecule has 1 aromatic rings. The number of hydrogen-bond acceptors (Lipinski definition) is 1. The van der Waals surface area contributed by atoms with E-state index >= 15 is 0 Å². The van der Waals surface area contributed by atoms with E-state index < -0.39 is 17.8 Å². The molecule has 1 heterocycles. The van der Waals surface area contributed by atoms with E-state index in [0.29, 0.717) is 0 Å². The molecular weight excluding hydrogens is 227 g/mol. The molecule has 4 heteroatoms. The maximum Gasteiger partial charge on any atom is 0.126 e. The number of alkyl halides is 1. The summed E-state index contributed by atoms with van der Waals surface area (Å²) in [6.45, 7) is 0.802. The Hall–Kier alpha value is -1.03. The first-order valence-electron chi connectivity index (χ1n) is 5.98. The highest BCUT2D eigenvalue weighted by Gasteiger charge is 2.24. The van der Waals surface area contributed by atoms with Crippen molar-refractivity contribution in [1.29, 1.82) is 0 Å². The molecule has 0 bridgehead atoms. The van der Waals surface area contributed by atoms with E-state index in [9.17, 15) is 13.2 Å². The first kappa shape index (κ1) is 12.4. The van der Waals surface area contributed by atoms with Gasteiger partial charge in [0.05, 0.1) is 0 Å². The van der Waals surface area contributed by atoms with E-state index in [2.05, 4.69) is 5.32 Å². The monoisotopic (exact) mass is 243 g/mol. The summed E-state index contributed by atoms with van der Waals surface area (Å²) in [4.78, 5) is 0. The van der Waals surface area contributed by atoms with Crippen LogP contribution >= 0.6 is 0 Å². The van der Waals surface area contributed by atoms with Crippen LogP contribution in [0.15, 0.2) is 18.2 Å². The van der Waals surface area contributed by atoms with E-state index in [0.717, 1.165) is 44.0 Å². The summed E-state index contributed by atoms with van der Waals surface area (Å²) in [5.41, 5.74) is 0.116. The molecule has 0 spiro atoms. The summed E-state index contributed by atoms with van der Waals surface area (Å²) in [5, 5.41) is 3.08. The van der Waals surface area contributed by atoms with Crippen LogP contribution in [0.4, 0.5) is 13.2 Å². The Balaban J connectivity index is 2.01. The standard InChI is InChI=1S/C13H16F3N/c14-10-4-5-11(15)9(7-10)8-12(16)13-3-1-2-6-17-13/h4-5,7,12-13,17H,1-3,6,8H2. The summed E-state index contributed by atoms with van der Waals surface area (Å²) >= 11 is 0. The molecule has 0 radical (unpaired) electrons. The van der Waals surface area contributed by atoms with Gasteiger partial charge in [-0.2, -0.15) is 0 Å². The Kier molecular flexibility index (Phi) is 4.05. The fraction of sp³-hybridized carbons (Fsp3) is 0.538. The Labute approximate surface area is 99.0 Å². The Bertz CT molecular complexity index is 375. The van der Waals surface area contributed by atoms with Gasteiger partial charge in [-0.05, 0) is 43.1 Å². The van der Waals surface area contributed by atoms with Crippen molar-refractivity contribution in [3.05, 3.63) is 35.4 Å². The minimum Gasteiger partial charge on any atom is -0.311 e. The first-order chi connectivity index (χ1) is 8.16. The van der Waals surface area contributed by atoms with Crippen LogP contribution in [0.3, 0.4) is 0 Å². The lowest BCUT2D eigenvalue weighted by Crippen LogP contribution is -2.42. The first-order valence-corrected chi connectivity index (χ1v) is 5.98. The molecule has 1 aromatic carbocycles. The summed E-state index contributed by atoms with van der Waals surface area (Å²) in [6.07, 6.45) is 1.58. The summed E-state index contributed by atoms with van der Waals surface area (Å²) in [7, 11) is 0. The van der Waals surface area contributed by atoms with Crippen molar-refractivity contribution in [2.45, 2.75) is 37.9 Å². The van der Waals surface area contributed by atoms with Crippen LogP contribution in [0.1, 0.15) is 24.8 Å². The second-order valence-corrected chi connectivity index (χ2v) is 4.51. The van der Waals surface area contributed by atoms with Crippen LogP contribution in [-0.4, -0.2) is 18.8 Å². The van der Waals surface area contributed by atoms with Gasteiger partial charge in [-0.25, -0.2) is 13.2 Å². The fourth-order valence-electron chi connectivity index (χ4n) is 2.24. The quantitative estimate of drug-likeness (QED) is 0.860. The van der Waals surface area contributed by atoms with Gasteiger partial charge in [0, 0.05) is 12.5 Å². The molecule has 17 heavy (non-hydrogen) atoms. The molecule has 1 fully saturated rings. The minimum atomic E-state index is -1.16. The predicted molar refractivity (Wildman–Crippen MR) is 60.6 cm³/mol. The van der Waals surface area contributed by atoms with Gasteiger partial charge in [0.25, 0.3) is 0 Å². The lowest BCUT2D eigenvalue weighted by atomic mass is 9.96. The zero-order valence-electron chi connectivity index (χ0n) is 9.56. The normalized spacial score (nSPS) is 22.4. The average Bonchev–Trinajstić information content (AvgIpc) is 2.35. The second kappa shape index (κ2) is 5.54. The minimum absolute atomic E-state index is 0.0682. The largest absolute Gasteiger partial charge is 0.311 e. The van der Waals surface area contributed by atoms with Gasteiger partial charge >= 0.3 is 0 Å².